The van der Waals surface area contributed by atoms with E-state index >= 15 is 0 Å². The molecule has 0 spiro atoms. The smallest absolute Gasteiger partial charge is 0.387 e. The van der Waals surface area contributed by atoms with Crippen LogP contribution in [0.5, 0.6) is 5.75 Å². The van der Waals surface area contributed by atoms with Crippen molar-refractivity contribution in [3.63, 3.8) is 0 Å². The number of ether oxygens (including phenoxy) is 1. The Labute approximate surface area is 186 Å². The average Bonchev–Trinajstić information content (AvgIpc) is 3.05. The number of alkyl halides is 2. The first-order chi connectivity index (χ1) is 14.7. The highest BCUT2D eigenvalue weighted by atomic mass is 79.9. The third-order valence-electron chi connectivity index (χ3n) is 4.00. The van der Waals surface area contributed by atoms with Crippen LogP contribution in [-0.4, -0.2) is 34.2 Å². The van der Waals surface area contributed by atoms with E-state index in [-0.39, 0.29) is 29.2 Å². The van der Waals surface area contributed by atoms with Gasteiger partial charge in [0.1, 0.15) is 29.5 Å². The van der Waals surface area contributed by atoms with E-state index in [2.05, 4.69) is 36.0 Å². The van der Waals surface area contributed by atoms with Gasteiger partial charge in [0.2, 0.25) is 0 Å². The van der Waals surface area contributed by atoms with Crippen LogP contribution in [0.2, 0.25) is 0 Å². The summed E-state index contributed by atoms with van der Waals surface area (Å²) < 4.78 is 57.8. The number of aromatic nitrogens is 2. The summed E-state index contributed by atoms with van der Waals surface area (Å²) in [6, 6.07) is 5.14. The number of rotatable bonds is 9. The Kier molecular flexibility index (Phi) is 7.44. The zero-order valence-electron chi connectivity index (χ0n) is 15.5. The van der Waals surface area contributed by atoms with Crippen molar-refractivity contribution >= 4 is 39.1 Å². The summed E-state index contributed by atoms with van der Waals surface area (Å²) in [6.45, 7) is -2.93. The van der Waals surface area contributed by atoms with Gasteiger partial charge >= 0.3 is 12.6 Å². The van der Waals surface area contributed by atoms with E-state index in [4.69, 9.17) is 5.11 Å². The largest absolute Gasteiger partial charge is 0.481 e. The Balaban J connectivity index is 1.74. The number of benzene rings is 1. The highest BCUT2D eigenvalue weighted by Gasteiger charge is 2.18. The Morgan fingerprint density at radius 3 is 2.55 bits per heavy atom. The van der Waals surface area contributed by atoms with Gasteiger partial charge < -0.3 is 15.2 Å². The van der Waals surface area contributed by atoms with Gasteiger partial charge in [-0.3, -0.25) is 4.79 Å². The third-order valence-corrected chi connectivity index (χ3v) is 5.60. The Bertz CT molecular complexity index is 1070. The molecule has 12 heteroatoms. The predicted molar refractivity (Wildman–Crippen MR) is 110 cm³/mol. The van der Waals surface area contributed by atoms with E-state index in [1.165, 1.54) is 30.6 Å². The van der Waals surface area contributed by atoms with Gasteiger partial charge in [-0.15, -0.1) is 11.3 Å². The standard InChI is InChI=1S/C19H14BrF4N3O3S/c20-9-3-11(21)10(12(22)4-9)1-2-25-17-5-13(26-8-27-17)15-6-14(30-19(23)24)16(31-15)7-18(28)29/h3-6,8,19H,1-2,7H2,(H,28,29)(H,25,26,27). The number of thiophene rings is 1. The predicted octanol–water partition coefficient (Wildman–Crippen LogP) is 5.13. The van der Waals surface area contributed by atoms with Gasteiger partial charge in [-0.2, -0.15) is 8.78 Å². The van der Waals surface area contributed by atoms with Crippen LogP contribution in [0, 0.1) is 11.6 Å². The maximum atomic E-state index is 13.9. The number of aliphatic carboxylic acids is 1. The number of carboxylic acid groups (broad SMARTS) is 1. The Hall–Kier alpha value is -2.73. The van der Waals surface area contributed by atoms with Crippen LogP contribution in [0.15, 0.2) is 35.1 Å². The number of nitrogens with zero attached hydrogens (tertiary/aromatic N) is 2. The molecule has 2 N–H and O–H groups in total. The quantitative estimate of drug-likeness (QED) is 0.381. The van der Waals surface area contributed by atoms with Gasteiger partial charge in [0, 0.05) is 28.7 Å². The second-order valence-electron chi connectivity index (χ2n) is 6.16. The highest BCUT2D eigenvalue weighted by molar-refractivity contribution is 9.10. The van der Waals surface area contributed by atoms with Crippen molar-refractivity contribution in [3.05, 3.63) is 57.1 Å². The lowest BCUT2D eigenvalue weighted by atomic mass is 10.1. The van der Waals surface area contributed by atoms with E-state index in [1.807, 2.05) is 0 Å². The summed E-state index contributed by atoms with van der Waals surface area (Å²) in [6.07, 6.45) is 0.800. The van der Waals surface area contributed by atoms with Gasteiger partial charge in [-0.05, 0) is 18.6 Å². The number of carbonyl (C=O) groups is 1. The molecule has 2 heterocycles. The molecule has 164 valence electrons. The molecule has 0 radical (unpaired) electrons. The van der Waals surface area contributed by atoms with Crippen molar-refractivity contribution in [3.8, 4) is 16.3 Å². The summed E-state index contributed by atoms with van der Waals surface area (Å²) in [5.41, 5.74) is 0.273. The van der Waals surface area contributed by atoms with Crippen molar-refractivity contribution in [1.29, 1.82) is 0 Å². The molecule has 0 saturated heterocycles. The van der Waals surface area contributed by atoms with Crippen LogP contribution in [0.4, 0.5) is 23.4 Å². The van der Waals surface area contributed by atoms with Crippen molar-refractivity contribution in [2.24, 2.45) is 0 Å². The molecule has 0 fully saturated rings. The molecular weight excluding hydrogens is 506 g/mol. The molecule has 0 aliphatic rings. The lowest BCUT2D eigenvalue weighted by Gasteiger charge is -2.08. The third kappa shape index (κ3) is 6.14. The van der Waals surface area contributed by atoms with Crippen LogP contribution in [0.1, 0.15) is 10.4 Å². The maximum Gasteiger partial charge on any atom is 0.387 e. The fourth-order valence-corrected chi connectivity index (χ4v) is 4.16. The van der Waals surface area contributed by atoms with Gasteiger partial charge in [0.25, 0.3) is 0 Å². The fraction of sp³-hybridized carbons (Fsp3) is 0.211. The molecule has 3 rings (SSSR count). The number of anilines is 1. The van der Waals surface area contributed by atoms with E-state index < -0.39 is 30.6 Å². The number of hydrogen-bond acceptors (Lipinski definition) is 6. The summed E-state index contributed by atoms with van der Waals surface area (Å²) >= 11 is 3.98. The molecule has 0 saturated carbocycles. The van der Waals surface area contributed by atoms with Crippen LogP contribution in [0.3, 0.4) is 0 Å². The molecule has 0 amide bonds. The second kappa shape index (κ2) is 10.1. The topological polar surface area (TPSA) is 84.3 Å². The first-order valence-electron chi connectivity index (χ1n) is 8.72. The molecule has 31 heavy (non-hydrogen) atoms. The van der Waals surface area contributed by atoms with Gasteiger partial charge in [-0.1, -0.05) is 15.9 Å². The van der Waals surface area contributed by atoms with Crippen LogP contribution >= 0.6 is 27.3 Å². The molecule has 3 aromatic rings. The maximum absolute atomic E-state index is 13.9. The SMILES string of the molecule is O=C(O)Cc1sc(-c2cc(NCCc3c(F)cc(Br)cc3F)ncn2)cc1OC(F)F. The van der Waals surface area contributed by atoms with Crippen molar-refractivity contribution < 1.29 is 32.2 Å². The molecule has 2 aromatic heterocycles. The van der Waals surface area contributed by atoms with Crippen LogP contribution in [0.25, 0.3) is 10.6 Å². The molecule has 0 atom stereocenters. The zero-order chi connectivity index (χ0) is 22.5. The molecule has 0 bridgehead atoms. The molecule has 6 nitrogen and oxygen atoms in total. The monoisotopic (exact) mass is 519 g/mol. The van der Waals surface area contributed by atoms with E-state index in [0.717, 1.165) is 11.3 Å². The van der Waals surface area contributed by atoms with Crippen LogP contribution < -0.4 is 10.1 Å². The second-order valence-corrected chi connectivity index (χ2v) is 8.21. The summed E-state index contributed by atoms with van der Waals surface area (Å²) in [5.74, 6) is -2.43. The number of halogens is 5. The van der Waals surface area contributed by atoms with Gasteiger partial charge in [0.05, 0.1) is 21.9 Å². The molecule has 0 aliphatic carbocycles. The van der Waals surface area contributed by atoms with Crippen molar-refractivity contribution in [2.75, 3.05) is 11.9 Å². The number of nitrogens with one attached hydrogen (secondary N) is 1. The first kappa shape index (κ1) is 22.9. The summed E-state index contributed by atoms with van der Waals surface area (Å²) in [4.78, 5) is 19.6. The zero-order valence-corrected chi connectivity index (χ0v) is 17.9. The van der Waals surface area contributed by atoms with E-state index in [1.54, 1.807) is 0 Å². The highest BCUT2D eigenvalue weighted by Crippen LogP contribution is 2.37. The lowest BCUT2D eigenvalue weighted by Crippen LogP contribution is -2.09. The lowest BCUT2D eigenvalue weighted by molar-refractivity contribution is -0.136. The van der Waals surface area contributed by atoms with Crippen LogP contribution in [-0.2, 0) is 17.6 Å². The molecule has 0 aliphatic heterocycles. The van der Waals surface area contributed by atoms with Gasteiger partial charge in [-0.25, -0.2) is 18.7 Å². The van der Waals surface area contributed by atoms with Crippen molar-refractivity contribution in [1.82, 2.24) is 9.97 Å². The molecule has 0 unspecified atom stereocenters. The minimum absolute atomic E-state index is 0.0540. The number of carboxylic acids is 1. The fourth-order valence-electron chi connectivity index (χ4n) is 2.71. The average molecular weight is 520 g/mol. The Morgan fingerprint density at radius 1 is 1.19 bits per heavy atom. The minimum atomic E-state index is -3.10. The normalized spacial score (nSPS) is 11.0. The summed E-state index contributed by atoms with van der Waals surface area (Å²) in [7, 11) is 0. The first-order valence-corrected chi connectivity index (χ1v) is 10.3. The van der Waals surface area contributed by atoms with E-state index in [9.17, 15) is 22.4 Å². The number of hydrogen-bond donors (Lipinski definition) is 2. The van der Waals surface area contributed by atoms with Crippen molar-refractivity contribution in [2.45, 2.75) is 19.5 Å². The molecule has 1 aromatic carbocycles. The Morgan fingerprint density at radius 2 is 1.90 bits per heavy atom. The van der Waals surface area contributed by atoms with E-state index in [0.29, 0.717) is 20.9 Å². The minimum Gasteiger partial charge on any atom is -0.481 e. The van der Waals surface area contributed by atoms with Gasteiger partial charge in [0.15, 0.2) is 0 Å². The molecular formula is C19H14BrF4N3O3S. The summed E-state index contributed by atoms with van der Waals surface area (Å²) in [5, 5.41) is 11.9.